The second kappa shape index (κ2) is 73.3. The normalized spacial score (nSPS) is 13.0. The quantitative estimate of drug-likeness (QED) is 0.0373. The van der Waals surface area contributed by atoms with E-state index in [4.69, 9.17) is 9.47 Å². The van der Waals surface area contributed by atoms with E-state index in [1.54, 1.807) is 0 Å². The lowest BCUT2D eigenvalue weighted by molar-refractivity contribution is -0.161. The summed E-state index contributed by atoms with van der Waals surface area (Å²) in [5.41, 5.74) is 0. The lowest BCUT2D eigenvalue weighted by atomic mass is 10.0. The van der Waals surface area contributed by atoms with Gasteiger partial charge in [0.25, 0.3) is 0 Å². The molecule has 5 heteroatoms. The summed E-state index contributed by atoms with van der Waals surface area (Å²) in [6.45, 7) is 3.94. The average molecular weight is 1160 g/mol. The predicted octanol–water partition coefficient (Wildman–Crippen LogP) is 25.1. The molecule has 5 nitrogen and oxygen atoms in total. The standard InChI is InChI=1S/C79H134O5/c1-3-5-7-9-11-13-15-17-19-21-23-25-27-29-31-33-35-37-39-41-43-45-47-49-51-53-55-57-59-61-63-65-67-69-71-73-78(81)83-76-77(75-80)84-79(82)74-72-70-68-66-64-62-60-58-56-54-52-50-48-46-44-42-40-38-36-34-32-30-28-26-24-22-20-18-16-14-12-10-8-6-4-2/h5-8,11-14,17-20,23-26,29-32,36,38,77,80H,3-4,9-10,15-16,21-22,27-28,33-35,37,39-76H2,1-2H3/b7-5-,8-6-,13-11-,14-12-,19-17-,20-18-,25-23-,26-24-,31-29-,32-30-,38-36-. The van der Waals surface area contributed by atoms with E-state index < -0.39 is 6.10 Å². The van der Waals surface area contributed by atoms with Gasteiger partial charge in [-0.15, -0.1) is 0 Å². The fraction of sp³-hybridized carbons (Fsp3) is 0.696. The number of unbranched alkanes of at least 4 members (excludes halogenated alkanes) is 35. The fourth-order valence-electron chi connectivity index (χ4n) is 10.2. The number of esters is 2. The Hall–Kier alpha value is -3.96. The molecule has 0 aliphatic heterocycles. The van der Waals surface area contributed by atoms with E-state index in [-0.39, 0.29) is 25.2 Å². The van der Waals surface area contributed by atoms with E-state index in [0.29, 0.717) is 12.8 Å². The average Bonchev–Trinajstić information content (AvgIpc) is 3.51. The molecular weight excluding hydrogens is 1030 g/mol. The first-order valence-electron chi connectivity index (χ1n) is 35.7. The van der Waals surface area contributed by atoms with Crippen LogP contribution in [0.25, 0.3) is 0 Å². The van der Waals surface area contributed by atoms with Gasteiger partial charge in [-0.25, -0.2) is 0 Å². The first-order valence-corrected chi connectivity index (χ1v) is 35.7. The number of carbonyl (C=O) groups is 2. The molecule has 480 valence electrons. The predicted molar refractivity (Wildman–Crippen MR) is 371 cm³/mol. The Morgan fingerprint density at radius 2 is 0.476 bits per heavy atom. The van der Waals surface area contributed by atoms with Crippen LogP contribution in [-0.4, -0.2) is 36.4 Å². The van der Waals surface area contributed by atoms with E-state index in [0.717, 1.165) is 109 Å². The number of aliphatic hydroxyl groups excluding tert-OH is 1. The number of hydrogen-bond donors (Lipinski definition) is 1. The van der Waals surface area contributed by atoms with Gasteiger partial charge in [0.1, 0.15) is 6.61 Å². The molecule has 84 heavy (non-hydrogen) atoms. The van der Waals surface area contributed by atoms with Gasteiger partial charge >= 0.3 is 11.9 Å². The van der Waals surface area contributed by atoms with Crippen LogP contribution in [0, 0.1) is 0 Å². The van der Waals surface area contributed by atoms with Gasteiger partial charge in [-0.05, 0) is 109 Å². The van der Waals surface area contributed by atoms with Crippen LogP contribution in [0.15, 0.2) is 134 Å². The van der Waals surface area contributed by atoms with Crippen LogP contribution in [0.4, 0.5) is 0 Å². The van der Waals surface area contributed by atoms with Crippen molar-refractivity contribution in [3.63, 3.8) is 0 Å². The molecule has 0 radical (unpaired) electrons. The largest absolute Gasteiger partial charge is 0.462 e. The summed E-state index contributed by atoms with van der Waals surface area (Å²) in [4.78, 5) is 24.7. The van der Waals surface area contributed by atoms with E-state index in [2.05, 4.69) is 148 Å². The Morgan fingerprint density at radius 3 is 0.714 bits per heavy atom. The highest BCUT2D eigenvalue weighted by atomic mass is 16.6. The molecule has 0 saturated carbocycles. The van der Waals surface area contributed by atoms with Crippen LogP contribution in [0.5, 0.6) is 0 Å². The molecular formula is C79H134O5. The number of hydrogen-bond acceptors (Lipinski definition) is 5. The zero-order valence-corrected chi connectivity index (χ0v) is 55.1. The first-order chi connectivity index (χ1) is 41.6. The molecule has 0 aromatic rings. The molecule has 0 aromatic heterocycles. The van der Waals surface area contributed by atoms with Crippen LogP contribution in [0.2, 0.25) is 0 Å². The Bertz CT molecular complexity index is 1700. The van der Waals surface area contributed by atoms with Gasteiger partial charge in [-0.2, -0.15) is 0 Å². The fourth-order valence-corrected chi connectivity index (χ4v) is 10.2. The van der Waals surface area contributed by atoms with E-state index in [9.17, 15) is 14.7 Å². The summed E-state index contributed by atoms with van der Waals surface area (Å²) in [5, 5.41) is 9.71. The van der Waals surface area contributed by atoms with Crippen LogP contribution in [-0.2, 0) is 19.1 Å². The topological polar surface area (TPSA) is 72.8 Å². The number of ether oxygens (including phenoxy) is 2. The lowest BCUT2D eigenvalue weighted by Gasteiger charge is -2.15. The number of aliphatic hydroxyl groups is 1. The first kappa shape index (κ1) is 80.0. The molecule has 0 amide bonds. The van der Waals surface area contributed by atoms with Crippen molar-refractivity contribution in [2.24, 2.45) is 0 Å². The Kier molecular flexibility index (Phi) is 69.8. The van der Waals surface area contributed by atoms with Crippen molar-refractivity contribution < 1.29 is 24.2 Å². The second-order valence-electron chi connectivity index (χ2n) is 23.6. The highest BCUT2D eigenvalue weighted by Gasteiger charge is 2.16. The maximum Gasteiger partial charge on any atom is 0.306 e. The minimum Gasteiger partial charge on any atom is -0.462 e. The van der Waals surface area contributed by atoms with Crippen molar-refractivity contribution in [2.45, 2.75) is 341 Å². The highest BCUT2D eigenvalue weighted by Crippen LogP contribution is 2.18. The van der Waals surface area contributed by atoms with Crippen LogP contribution >= 0.6 is 0 Å². The SMILES string of the molecule is CC/C=C\C/C=C\C/C=C\C/C=C\C/C=C\C/C=C\CCCCCCCCCCCCCCCCCCC(=O)OC(CO)COC(=O)CCCCCCCCCCCCCCCCCCCCC/C=C\C/C=C\C/C=C\C/C=C\C/C=C\CC. The maximum atomic E-state index is 12.4. The molecule has 0 rings (SSSR count). The monoisotopic (exact) mass is 1160 g/mol. The van der Waals surface area contributed by atoms with Crippen LogP contribution < -0.4 is 0 Å². The smallest absolute Gasteiger partial charge is 0.306 e. The van der Waals surface area contributed by atoms with E-state index in [1.165, 1.54) is 199 Å². The van der Waals surface area contributed by atoms with Crippen LogP contribution in [0.1, 0.15) is 335 Å². The molecule has 0 spiro atoms. The molecule has 0 bridgehead atoms. The molecule has 0 heterocycles. The Morgan fingerprint density at radius 1 is 0.274 bits per heavy atom. The van der Waals surface area contributed by atoms with E-state index >= 15 is 0 Å². The van der Waals surface area contributed by atoms with Crippen molar-refractivity contribution in [2.75, 3.05) is 13.2 Å². The molecule has 1 unspecified atom stereocenters. The Balaban J connectivity index is 3.45. The molecule has 0 saturated heterocycles. The minimum absolute atomic E-state index is 0.0672. The second-order valence-corrected chi connectivity index (χ2v) is 23.6. The van der Waals surface area contributed by atoms with Crippen molar-refractivity contribution >= 4 is 11.9 Å². The number of carbonyl (C=O) groups excluding carboxylic acids is 2. The molecule has 0 aliphatic carbocycles. The van der Waals surface area contributed by atoms with Crippen LogP contribution in [0.3, 0.4) is 0 Å². The van der Waals surface area contributed by atoms with Gasteiger partial charge in [0.2, 0.25) is 0 Å². The summed E-state index contributed by atoms with van der Waals surface area (Å²) in [5.74, 6) is -0.581. The molecule has 0 fully saturated rings. The van der Waals surface area contributed by atoms with Crippen molar-refractivity contribution in [3.05, 3.63) is 134 Å². The highest BCUT2D eigenvalue weighted by molar-refractivity contribution is 5.70. The summed E-state index contributed by atoms with van der Waals surface area (Å²) in [6, 6.07) is 0. The molecule has 1 atom stereocenters. The third-order valence-electron chi connectivity index (χ3n) is 15.4. The third kappa shape index (κ3) is 70.5. The minimum atomic E-state index is -0.779. The van der Waals surface area contributed by atoms with E-state index in [1.807, 2.05) is 0 Å². The van der Waals surface area contributed by atoms with Crippen molar-refractivity contribution in [1.82, 2.24) is 0 Å². The van der Waals surface area contributed by atoms with Gasteiger partial charge in [0.15, 0.2) is 6.10 Å². The third-order valence-corrected chi connectivity index (χ3v) is 15.4. The summed E-state index contributed by atoms with van der Waals surface area (Å²) in [7, 11) is 0. The summed E-state index contributed by atoms with van der Waals surface area (Å²) < 4.78 is 10.8. The molecule has 1 N–H and O–H groups in total. The lowest BCUT2D eigenvalue weighted by Crippen LogP contribution is -2.28. The molecule has 0 aliphatic rings. The zero-order valence-electron chi connectivity index (χ0n) is 55.1. The van der Waals surface area contributed by atoms with Gasteiger partial charge in [-0.1, -0.05) is 347 Å². The Labute approximate surface area is 521 Å². The number of allylic oxidation sites excluding steroid dienone is 22. The van der Waals surface area contributed by atoms with Gasteiger partial charge in [-0.3, -0.25) is 9.59 Å². The summed E-state index contributed by atoms with van der Waals surface area (Å²) >= 11 is 0. The summed E-state index contributed by atoms with van der Waals surface area (Å²) in [6.07, 6.45) is 109. The van der Waals surface area contributed by atoms with Crippen molar-refractivity contribution in [1.29, 1.82) is 0 Å². The van der Waals surface area contributed by atoms with Gasteiger partial charge < -0.3 is 14.6 Å². The maximum absolute atomic E-state index is 12.4. The van der Waals surface area contributed by atoms with Gasteiger partial charge in [0, 0.05) is 12.8 Å². The number of rotatable bonds is 65. The molecule has 0 aromatic carbocycles. The zero-order chi connectivity index (χ0) is 60.5. The van der Waals surface area contributed by atoms with Crippen molar-refractivity contribution in [3.8, 4) is 0 Å². The van der Waals surface area contributed by atoms with Gasteiger partial charge in [0.05, 0.1) is 6.61 Å².